The molecule has 3 aromatic carbocycles. The molecule has 0 aliphatic carbocycles. The molecule has 5 nitrogen and oxygen atoms in total. The number of carbonyl (C=O) groups excluding carboxylic acids is 1. The van der Waals surface area contributed by atoms with Gasteiger partial charge >= 0.3 is 5.95 Å². The Morgan fingerprint density at radius 3 is 2.21 bits per heavy atom. The molecule has 3 N–H and O–H groups in total. The predicted octanol–water partition coefficient (Wildman–Crippen LogP) is 0.202. The minimum absolute atomic E-state index is 0. The van der Waals surface area contributed by atoms with E-state index in [0.717, 1.165) is 22.3 Å². The standard InChI is InChI=1S/C22H20N4O.BrH/c23-22-25(15-17-9-3-1-4-10-17)19-13-7-8-14-20(19)26(22)16-21(27)24-18-11-5-2-6-12-18;/h1-14,23H,15-16H2,(H,24,27);1H. The molecule has 0 aliphatic rings. The highest BCUT2D eigenvalue weighted by Crippen LogP contribution is 2.17. The zero-order chi connectivity index (χ0) is 18.6. The molecule has 142 valence electrons. The Morgan fingerprint density at radius 1 is 0.893 bits per heavy atom. The molecule has 0 radical (unpaired) electrons. The molecule has 0 fully saturated rings. The van der Waals surface area contributed by atoms with Crippen molar-refractivity contribution >= 4 is 28.6 Å². The van der Waals surface area contributed by atoms with Crippen molar-refractivity contribution in [2.45, 2.75) is 13.1 Å². The van der Waals surface area contributed by atoms with Crippen molar-refractivity contribution in [2.75, 3.05) is 11.1 Å². The third-order valence-electron chi connectivity index (χ3n) is 4.56. The van der Waals surface area contributed by atoms with E-state index >= 15 is 0 Å². The zero-order valence-corrected chi connectivity index (χ0v) is 16.8. The van der Waals surface area contributed by atoms with E-state index in [1.54, 1.807) is 0 Å². The first-order valence-electron chi connectivity index (χ1n) is 8.88. The number of halogens is 1. The van der Waals surface area contributed by atoms with Crippen LogP contribution in [0.4, 0.5) is 11.6 Å². The normalized spacial score (nSPS) is 10.4. The Hall–Kier alpha value is -3.12. The van der Waals surface area contributed by atoms with Crippen molar-refractivity contribution in [2.24, 2.45) is 0 Å². The Kier molecular flexibility index (Phi) is 6.11. The van der Waals surface area contributed by atoms with Gasteiger partial charge in [-0.05, 0) is 29.8 Å². The van der Waals surface area contributed by atoms with Crippen molar-refractivity contribution in [3.05, 3.63) is 90.5 Å². The minimum Gasteiger partial charge on any atom is -1.00 e. The van der Waals surface area contributed by atoms with Gasteiger partial charge in [0.15, 0.2) is 6.54 Å². The average molecular weight is 437 g/mol. The molecule has 0 spiro atoms. The number of hydrogen-bond donors (Lipinski definition) is 2. The van der Waals surface area contributed by atoms with Gasteiger partial charge in [0.1, 0.15) is 11.0 Å². The topological polar surface area (TPSA) is 63.9 Å². The Bertz CT molecular complexity index is 1080. The van der Waals surface area contributed by atoms with Crippen LogP contribution in [0.25, 0.3) is 11.0 Å². The molecule has 1 amide bonds. The Labute approximate surface area is 174 Å². The van der Waals surface area contributed by atoms with Crippen LogP contribution in [-0.2, 0) is 17.9 Å². The zero-order valence-electron chi connectivity index (χ0n) is 15.3. The van der Waals surface area contributed by atoms with Gasteiger partial charge in [-0.1, -0.05) is 60.7 Å². The van der Waals surface area contributed by atoms with Crippen molar-refractivity contribution in [1.82, 2.24) is 4.57 Å². The van der Waals surface area contributed by atoms with Gasteiger partial charge in [-0.25, -0.2) is 9.13 Å². The number of carbonyl (C=O) groups is 1. The van der Waals surface area contributed by atoms with Gasteiger partial charge in [-0.2, -0.15) is 0 Å². The fourth-order valence-corrected chi connectivity index (χ4v) is 3.28. The summed E-state index contributed by atoms with van der Waals surface area (Å²) >= 11 is 0. The van der Waals surface area contributed by atoms with Crippen molar-refractivity contribution in [3.8, 4) is 0 Å². The average Bonchev–Trinajstić information content (AvgIpc) is 2.95. The van der Waals surface area contributed by atoms with Crippen LogP contribution < -0.4 is 32.6 Å². The number of fused-ring (bicyclic) bond motifs is 1. The first-order chi connectivity index (χ1) is 13.2. The van der Waals surface area contributed by atoms with Crippen LogP contribution in [0, 0.1) is 0 Å². The van der Waals surface area contributed by atoms with E-state index in [2.05, 4.69) is 17.4 Å². The molecule has 0 saturated carbocycles. The summed E-state index contributed by atoms with van der Waals surface area (Å²) in [6.07, 6.45) is 0. The number of nitrogens with one attached hydrogen (secondary N) is 1. The van der Waals surface area contributed by atoms with Crippen molar-refractivity contribution in [3.63, 3.8) is 0 Å². The number of para-hydroxylation sites is 3. The van der Waals surface area contributed by atoms with Crippen LogP contribution in [0.2, 0.25) is 0 Å². The molecule has 4 rings (SSSR count). The van der Waals surface area contributed by atoms with Gasteiger partial charge in [0.25, 0.3) is 5.91 Å². The van der Waals surface area contributed by atoms with E-state index in [4.69, 9.17) is 5.73 Å². The number of anilines is 2. The monoisotopic (exact) mass is 436 g/mol. The fourth-order valence-electron chi connectivity index (χ4n) is 3.28. The van der Waals surface area contributed by atoms with Crippen LogP contribution >= 0.6 is 0 Å². The molecule has 0 unspecified atom stereocenters. The number of nitrogens with two attached hydrogens (primary N) is 1. The van der Waals surface area contributed by atoms with Gasteiger partial charge < -0.3 is 22.3 Å². The van der Waals surface area contributed by atoms with Crippen LogP contribution in [-0.4, -0.2) is 10.5 Å². The summed E-state index contributed by atoms with van der Waals surface area (Å²) in [5, 5.41) is 2.92. The number of nitrogens with zero attached hydrogens (tertiary/aromatic N) is 2. The lowest BCUT2D eigenvalue weighted by atomic mass is 10.2. The Balaban J connectivity index is 0.00000225. The summed E-state index contributed by atoms with van der Waals surface area (Å²) in [7, 11) is 0. The molecule has 0 atom stereocenters. The van der Waals surface area contributed by atoms with Gasteiger partial charge in [-0.3, -0.25) is 10.5 Å². The van der Waals surface area contributed by atoms with E-state index in [0.29, 0.717) is 12.5 Å². The number of hydrogen-bond acceptors (Lipinski definition) is 2. The first kappa shape index (κ1) is 19.6. The van der Waals surface area contributed by atoms with Gasteiger partial charge in [-0.15, -0.1) is 0 Å². The van der Waals surface area contributed by atoms with Crippen LogP contribution in [0.3, 0.4) is 0 Å². The number of aromatic nitrogens is 2. The highest BCUT2D eigenvalue weighted by Gasteiger charge is 2.22. The molecule has 6 heteroatoms. The molecule has 28 heavy (non-hydrogen) atoms. The van der Waals surface area contributed by atoms with E-state index in [1.807, 2.05) is 81.9 Å². The SMILES string of the molecule is Nc1n(CC(=O)Nc2ccccc2)c2ccccc2[n+]1Cc1ccccc1.[Br-]. The summed E-state index contributed by atoms with van der Waals surface area (Å²) in [6.45, 7) is 0.809. The summed E-state index contributed by atoms with van der Waals surface area (Å²) in [5.74, 6) is 0.448. The Morgan fingerprint density at radius 2 is 1.50 bits per heavy atom. The molecule has 0 bridgehead atoms. The lowest BCUT2D eigenvalue weighted by molar-refractivity contribution is -0.648. The fraction of sp³-hybridized carbons (Fsp3) is 0.0909. The molecule has 0 aliphatic heterocycles. The maximum absolute atomic E-state index is 12.5. The minimum atomic E-state index is -0.111. The second kappa shape index (κ2) is 8.71. The van der Waals surface area contributed by atoms with Crippen molar-refractivity contribution in [1.29, 1.82) is 0 Å². The molecular weight excluding hydrogens is 416 g/mol. The third kappa shape index (κ3) is 4.07. The lowest BCUT2D eigenvalue weighted by Crippen LogP contribution is -3.00. The van der Waals surface area contributed by atoms with Crippen LogP contribution in [0.5, 0.6) is 0 Å². The number of rotatable bonds is 5. The third-order valence-corrected chi connectivity index (χ3v) is 4.56. The molecule has 0 saturated heterocycles. The number of amides is 1. The van der Waals surface area contributed by atoms with Crippen molar-refractivity contribution < 1.29 is 26.3 Å². The second-order valence-corrected chi connectivity index (χ2v) is 6.42. The summed E-state index contributed by atoms with van der Waals surface area (Å²) in [6, 6.07) is 27.6. The number of nitrogen functional groups attached to an aromatic ring is 1. The first-order valence-corrected chi connectivity index (χ1v) is 8.88. The maximum atomic E-state index is 12.5. The molecular formula is C22H21BrN4O. The molecule has 1 heterocycles. The summed E-state index contributed by atoms with van der Waals surface area (Å²) in [4.78, 5) is 12.5. The van der Waals surface area contributed by atoms with E-state index in [1.165, 1.54) is 0 Å². The largest absolute Gasteiger partial charge is 1.00 e. The quantitative estimate of drug-likeness (QED) is 0.439. The number of benzene rings is 3. The smallest absolute Gasteiger partial charge is 0.356 e. The van der Waals surface area contributed by atoms with Crippen LogP contribution in [0.1, 0.15) is 5.56 Å². The van der Waals surface area contributed by atoms with Crippen LogP contribution in [0.15, 0.2) is 84.9 Å². The van der Waals surface area contributed by atoms with E-state index in [-0.39, 0.29) is 29.4 Å². The summed E-state index contributed by atoms with van der Waals surface area (Å²) in [5.41, 5.74) is 10.3. The lowest BCUT2D eigenvalue weighted by Gasteiger charge is -2.05. The van der Waals surface area contributed by atoms with Gasteiger partial charge in [0, 0.05) is 5.69 Å². The van der Waals surface area contributed by atoms with Gasteiger partial charge in [0.2, 0.25) is 0 Å². The predicted molar refractivity (Wildman–Crippen MR) is 107 cm³/mol. The number of imidazole rings is 1. The highest BCUT2D eigenvalue weighted by atomic mass is 79.9. The van der Waals surface area contributed by atoms with E-state index in [9.17, 15) is 4.79 Å². The maximum Gasteiger partial charge on any atom is 0.356 e. The highest BCUT2D eigenvalue weighted by molar-refractivity contribution is 5.91. The molecule has 4 aromatic rings. The molecule has 1 aromatic heterocycles. The second-order valence-electron chi connectivity index (χ2n) is 6.42. The van der Waals surface area contributed by atoms with Gasteiger partial charge in [0.05, 0.1) is 6.54 Å². The summed E-state index contributed by atoms with van der Waals surface area (Å²) < 4.78 is 3.90. The van der Waals surface area contributed by atoms with E-state index < -0.39 is 0 Å².